The summed E-state index contributed by atoms with van der Waals surface area (Å²) in [5.41, 5.74) is 0.311. The Morgan fingerprint density at radius 2 is 2.00 bits per heavy atom. The van der Waals surface area contributed by atoms with Crippen LogP contribution in [0.15, 0.2) is 0 Å². The van der Waals surface area contributed by atoms with E-state index in [0.717, 1.165) is 6.42 Å². The molecule has 0 rings (SSSR count). The molecule has 2 nitrogen and oxygen atoms in total. The molecule has 1 unspecified atom stereocenters. The highest BCUT2D eigenvalue weighted by Gasteiger charge is 2.15. The van der Waals surface area contributed by atoms with E-state index in [1.807, 2.05) is 0 Å². The number of hydrogen-bond donors (Lipinski definition) is 0. The molecule has 0 spiro atoms. The van der Waals surface area contributed by atoms with Gasteiger partial charge in [-0.3, -0.25) is 0 Å². The number of rotatable bonds is 4. The minimum Gasteiger partial charge on any atom is -0.457 e. The topological polar surface area (TPSA) is 26.3 Å². The first kappa shape index (κ1) is 10.5. The van der Waals surface area contributed by atoms with Gasteiger partial charge in [-0.15, -0.1) is 0 Å². The van der Waals surface area contributed by atoms with Crippen LogP contribution >= 0.6 is 0 Å². The zero-order valence-electron chi connectivity index (χ0n) is 7.81. The van der Waals surface area contributed by atoms with E-state index in [1.54, 1.807) is 0 Å². The highest BCUT2D eigenvalue weighted by molar-refractivity contribution is 5.38. The second-order valence-electron chi connectivity index (χ2n) is 4.26. The monoisotopic (exact) mass is 157 g/mol. The lowest BCUT2D eigenvalue weighted by atomic mass is 9.86. The maximum atomic E-state index is 9.73. The SMILES string of the molecule is CC(CO[C]=O)CC(C)(C)C. The second kappa shape index (κ2) is 4.37. The van der Waals surface area contributed by atoms with Gasteiger partial charge in [0.25, 0.3) is 0 Å². The Balaban J connectivity index is 3.51. The van der Waals surface area contributed by atoms with Crippen molar-refractivity contribution in [3.63, 3.8) is 0 Å². The van der Waals surface area contributed by atoms with Crippen molar-refractivity contribution in [1.29, 1.82) is 0 Å². The molecule has 0 N–H and O–H groups in total. The van der Waals surface area contributed by atoms with E-state index in [2.05, 4.69) is 32.4 Å². The fourth-order valence-electron chi connectivity index (χ4n) is 1.28. The molecule has 0 bridgehead atoms. The molecule has 0 heterocycles. The van der Waals surface area contributed by atoms with Crippen molar-refractivity contribution in [1.82, 2.24) is 0 Å². The normalized spacial score (nSPS) is 14.2. The molecule has 0 saturated heterocycles. The van der Waals surface area contributed by atoms with E-state index in [1.165, 1.54) is 6.47 Å². The quantitative estimate of drug-likeness (QED) is 0.625. The lowest BCUT2D eigenvalue weighted by Crippen LogP contribution is -2.14. The van der Waals surface area contributed by atoms with Gasteiger partial charge in [0.1, 0.15) is 0 Å². The summed E-state index contributed by atoms with van der Waals surface area (Å²) in [6.07, 6.45) is 1.06. The molecule has 0 aliphatic carbocycles. The summed E-state index contributed by atoms with van der Waals surface area (Å²) in [7, 11) is 0. The molecular weight excluding hydrogens is 140 g/mol. The highest BCUT2D eigenvalue weighted by Crippen LogP contribution is 2.23. The summed E-state index contributed by atoms with van der Waals surface area (Å²) in [5, 5.41) is 0. The Morgan fingerprint density at radius 1 is 1.45 bits per heavy atom. The molecule has 0 aromatic rings. The smallest absolute Gasteiger partial charge is 0.417 e. The van der Waals surface area contributed by atoms with Gasteiger partial charge >= 0.3 is 6.47 Å². The zero-order valence-corrected chi connectivity index (χ0v) is 7.81. The summed E-state index contributed by atoms with van der Waals surface area (Å²) in [6.45, 7) is 10.5. The molecular formula is C9H17O2. The van der Waals surface area contributed by atoms with Crippen molar-refractivity contribution in [2.75, 3.05) is 6.61 Å². The van der Waals surface area contributed by atoms with Crippen LogP contribution in [-0.4, -0.2) is 13.1 Å². The van der Waals surface area contributed by atoms with Crippen LogP contribution < -0.4 is 0 Å². The average Bonchev–Trinajstić information content (AvgIpc) is 1.79. The first-order valence-corrected chi connectivity index (χ1v) is 3.94. The summed E-state index contributed by atoms with van der Waals surface area (Å²) in [5.74, 6) is 0.427. The molecule has 65 valence electrons. The molecule has 11 heavy (non-hydrogen) atoms. The summed E-state index contributed by atoms with van der Waals surface area (Å²) in [4.78, 5) is 9.73. The molecule has 0 fully saturated rings. The molecule has 0 aliphatic heterocycles. The van der Waals surface area contributed by atoms with Crippen LogP contribution in [-0.2, 0) is 9.53 Å². The van der Waals surface area contributed by atoms with Gasteiger partial charge in [0, 0.05) is 0 Å². The molecule has 2 heteroatoms. The number of ether oxygens (including phenoxy) is 1. The third kappa shape index (κ3) is 7.37. The molecule has 0 saturated carbocycles. The second-order valence-corrected chi connectivity index (χ2v) is 4.26. The molecule has 0 aromatic heterocycles. The Bertz CT molecular complexity index is 113. The minimum atomic E-state index is 0.311. The zero-order chi connectivity index (χ0) is 8.91. The van der Waals surface area contributed by atoms with E-state index in [0.29, 0.717) is 17.9 Å². The lowest BCUT2D eigenvalue weighted by Gasteiger charge is -2.22. The van der Waals surface area contributed by atoms with E-state index in [4.69, 9.17) is 0 Å². The van der Waals surface area contributed by atoms with Crippen molar-refractivity contribution >= 4 is 6.47 Å². The summed E-state index contributed by atoms with van der Waals surface area (Å²) >= 11 is 0. The van der Waals surface area contributed by atoms with Gasteiger partial charge in [-0.2, -0.15) is 0 Å². The van der Waals surface area contributed by atoms with Gasteiger partial charge in [0.2, 0.25) is 0 Å². The molecule has 1 atom stereocenters. The van der Waals surface area contributed by atoms with Crippen LogP contribution in [0.3, 0.4) is 0 Å². The van der Waals surface area contributed by atoms with Crippen LogP contribution in [0.4, 0.5) is 0 Å². The van der Waals surface area contributed by atoms with E-state index in [-0.39, 0.29) is 0 Å². The predicted octanol–water partition coefficient (Wildman–Crippen LogP) is 2.14. The maximum Gasteiger partial charge on any atom is 0.417 e. The van der Waals surface area contributed by atoms with Gasteiger partial charge < -0.3 is 4.74 Å². The molecule has 0 amide bonds. The largest absolute Gasteiger partial charge is 0.457 e. The average molecular weight is 157 g/mol. The highest BCUT2D eigenvalue weighted by atomic mass is 16.5. The van der Waals surface area contributed by atoms with Crippen LogP contribution in [0.25, 0.3) is 0 Å². The van der Waals surface area contributed by atoms with Crippen LogP contribution in [0.1, 0.15) is 34.1 Å². The molecule has 0 aliphatic rings. The summed E-state index contributed by atoms with van der Waals surface area (Å²) in [6, 6.07) is 0. The maximum absolute atomic E-state index is 9.73. The summed E-state index contributed by atoms with van der Waals surface area (Å²) < 4.78 is 4.54. The third-order valence-corrected chi connectivity index (χ3v) is 1.39. The van der Waals surface area contributed by atoms with Gasteiger partial charge in [0.15, 0.2) is 0 Å². The van der Waals surface area contributed by atoms with Crippen molar-refractivity contribution in [2.45, 2.75) is 34.1 Å². The van der Waals surface area contributed by atoms with Crippen molar-refractivity contribution in [3.05, 3.63) is 0 Å². The van der Waals surface area contributed by atoms with Gasteiger partial charge in [-0.1, -0.05) is 27.7 Å². The third-order valence-electron chi connectivity index (χ3n) is 1.39. The Labute approximate surface area is 68.9 Å². The number of hydrogen-bond acceptors (Lipinski definition) is 2. The van der Waals surface area contributed by atoms with E-state index in [9.17, 15) is 4.79 Å². The van der Waals surface area contributed by atoms with Crippen molar-refractivity contribution < 1.29 is 9.53 Å². The standard InChI is InChI=1S/C9H17O2/c1-8(6-11-7-10)5-9(2,3)4/h8H,5-6H2,1-4H3. The lowest BCUT2D eigenvalue weighted by molar-refractivity contribution is 0.190. The Kier molecular flexibility index (Phi) is 4.16. The fraction of sp³-hybridized carbons (Fsp3) is 0.889. The first-order valence-electron chi connectivity index (χ1n) is 3.94. The Hall–Kier alpha value is -0.530. The van der Waals surface area contributed by atoms with E-state index >= 15 is 0 Å². The van der Waals surface area contributed by atoms with Crippen LogP contribution in [0.5, 0.6) is 0 Å². The molecule has 1 radical (unpaired) electrons. The molecule has 0 aromatic carbocycles. The van der Waals surface area contributed by atoms with Crippen LogP contribution in [0, 0.1) is 11.3 Å². The van der Waals surface area contributed by atoms with Crippen LogP contribution in [0.2, 0.25) is 0 Å². The minimum absolute atomic E-state index is 0.311. The fourth-order valence-corrected chi connectivity index (χ4v) is 1.28. The van der Waals surface area contributed by atoms with Gasteiger partial charge in [0.05, 0.1) is 6.61 Å². The van der Waals surface area contributed by atoms with E-state index < -0.39 is 0 Å². The predicted molar refractivity (Wildman–Crippen MR) is 44.9 cm³/mol. The Morgan fingerprint density at radius 3 is 2.36 bits per heavy atom. The van der Waals surface area contributed by atoms with Crippen molar-refractivity contribution in [2.24, 2.45) is 11.3 Å². The van der Waals surface area contributed by atoms with Crippen molar-refractivity contribution in [3.8, 4) is 0 Å². The van der Waals surface area contributed by atoms with Gasteiger partial charge in [-0.05, 0) is 17.8 Å². The number of carbonyl (C=O) groups excluding carboxylic acids is 1. The first-order chi connectivity index (χ1) is 4.95. The van der Waals surface area contributed by atoms with Gasteiger partial charge in [-0.25, -0.2) is 4.79 Å².